The predicted molar refractivity (Wildman–Crippen MR) is 71.9 cm³/mol. The molecule has 2 heterocycles. The van der Waals surface area contributed by atoms with Crippen molar-refractivity contribution in [3.8, 4) is 11.5 Å². The molecule has 1 fully saturated rings. The average molecular weight is 261 g/mol. The molecule has 19 heavy (non-hydrogen) atoms. The van der Waals surface area contributed by atoms with Crippen LogP contribution in [0.25, 0.3) is 0 Å². The summed E-state index contributed by atoms with van der Waals surface area (Å²) in [6, 6.07) is 3.74. The van der Waals surface area contributed by atoms with Gasteiger partial charge in [-0.15, -0.1) is 0 Å². The summed E-state index contributed by atoms with van der Waals surface area (Å²) in [7, 11) is 0. The van der Waals surface area contributed by atoms with E-state index in [4.69, 9.17) is 9.47 Å². The standard InChI is InChI=1S/C15H19NO3/c1-11-9-13-14(19-8-7-18-13)10-12(11)15(17)16-5-3-2-4-6-16/h9-10H,2-8H2,1H3. The maximum Gasteiger partial charge on any atom is 0.254 e. The SMILES string of the molecule is Cc1cc2c(cc1C(=O)N1CCCCC1)OCCO2. The summed E-state index contributed by atoms with van der Waals surface area (Å²) < 4.78 is 11.1. The first-order chi connectivity index (χ1) is 9.25. The molecule has 1 aromatic rings. The number of fused-ring (bicyclic) bond motifs is 1. The zero-order valence-corrected chi connectivity index (χ0v) is 11.3. The largest absolute Gasteiger partial charge is 0.486 e. The number of likely N-dealkylation sites (tertiary alicyclic amines) is 1. The fraction of sp³-hybridized carbons (Fsp3) is 0.533. The van der Waals surface area contributed by atoms with Gasteiger partial charge in [0, 0.05) is 18.7 Å². The van der Waals surface area contributed by atoms with Gasteiger partial charge in [0.15, 0.2) is 11.5 Å². The smallest absolute Gasteiger partial charge is 0.254 e. The van der Waals surface area contributed by atoms with Crippen LogP contribution < -0.4 is 9.47 Å². The Labute approximate surface area is 113 Å². The summed E-state index contributed by atoms with van der Waals surface area (Å²) in [5.41, 5.74) is 1.70. The van der Waals surface area contributed by atoms with Gasteiger partial charge in [0.05, 0.1) is 0 Å². The molecule has 1 saturated heterocycles. The number of hydrogen-bond donors (Lipinski definition) is 0. The van der Waals surface area contributed by atoms with Crippen LogP contribution in [-0.2, 0) is 0 Å². The average Bonchev–Trinajstić information content (AvgIpc) is 2.47. The van der Waals surface area contributed by atoms with Crippen LogP contribution >= 0.6 is 0 Å². The summed E-state index contributed by atoms with van der Waals surface area (Å²) in [5.74, 6) is 1.56. The summed E-state index contributed by atoms with van der Waals surface area (Å²) in [6.45, 7) is 4.81. The topological polar surface area (TPSA) is 38.8 Å². The second kappa shape index (κ2) is 5.11. The van der Waals surface area contributed by atoms with Crippen molar-refractivity contribution in [2.45, 2.75) is 26.2 Å². The number of carbonyl (C=O) groups is 1. The second-order valence-corrected chi connectivity index (χ2v) is 5.16. The van der Waals surface area contributed by atoms with Gasteiger partial charge in [-0.3, -0.25) is 4.79 Å². The highest BCUT2D eigenvalue weighted by atomic mass is 16.6. The van der Waals surface area contributed by atoms with Crippen LogP contribution in [0, 0.1) is 6.92 Å². The van der Waals surface area contributed by atoms with Gasteiger partial charge in [0.1, 0.15) is 13.2 Å². The van der Waals surface area contributed by atoms with Gasteiger partial charge in [-0.2, -0.15) is 0 Å². The first-order valence-electron chi connectivity index (χ1n) is 6.95. The molecule has 0 radical (unpaired) electrons. The van der Waals surface area contributed by atoms with Crippen LogP contribution in [0.5, 0.6) is 11.5 Å². The Balaban J connectivity index is 1.89. The van der Waals surface area contributed by atoms with Gasteiger partial charge in [-0.1, -0.05) is 0 Å². The number of piperidine rings is 1. The number of rotatable bonds is 1. The van der Waals surface area contributed by atoms with Crippen molar-refractivity contribution in [3.05, 3.63) is 23.3 Å². The molecule has 102 valence electrons. The zero-order valence-electron chi connectivity index (χ0n) is 11.3. The number of nitrogens with zero attached hydrogens (tertiary/aromatic N) is 1. The Hall–Kier alpha value is -1.71. The van der Waals surface area contributed by atoms with E-state index in [-0.39, 0.29) is 5.91 Å². The van der Waals surface area contributed by atoms with Crippen LogP contribution in [-0.4, -0.2) is 37.1 Å². The lowest BCUT2D eigenvalue weighted by Gasteiger charge is -2.28. The molecule has 0 saturated carbocycles. The van der Waals surface area contributed by atoms with E-state index in [1.54, 1.807) is 0 Å². The Bertz CT molecular complexity index is 492. The highest BCUT2D eigenvalue weighted by Crippen LogP contribution is 2.33. The van der Waals surface area contributed by atoms with Crippen molar-refractivity contribution in [2.24, 2.45) is 0 Å². The maximum atomic E-state index is 12.5. The van der Waals surface area contributed by atoms with Crippen molar-refractivity contribution >= 4 is 5.91 Å². The summed E-state index contributed by atoms with van der Waals surface area (Å²) >= 11 is 0. The zero-order chi connectivity index (χ0) is 13.2. The Morgan fingerprint density at radius 3 is 2.37 bits per heavy atom. The number of aryl methyl sites for hydroxylation is 1. The minimum atomic E-state index is 0.120. The first-order valence-corrected chi connectivity index (χ1v) is 6.95. The molecule has 2 aliphatic rings. The third kappa shape index (κ3) is 2.39. The van der Waals surface area contributed by atoms with Crippen LogP contribution in [0.2, 0.25) is 0 Å². The van der Waals surface area contributed by atoms with Crippen molar-refractivity contribution in [1.82, 2.24) is 4.90 Å². The van der Waals surface area contributed by atoms with E-state index in [2.05, 4.69) is 0 Å². The Morgan fingerprint density at radius 1 is 1.05 bits per heavy atom. The third-order valence-corrected chi connectivity index (χ3v) is 3.76. The van der Waals surface area contributed by atoms with E-state index in [9.17, 15) is 4.79 Å². The quantitative estimate of drug-likeness (QED) is 0.779. The van der Waals surface area contributed by atoms with Crippen LogP contribution in [0.15, 0.2) is 12.1 Å². The van der Waals surface area contributed by atoms with Crippen LogP contribution in [0.4, 0.5) is 0 Å². The maximum absolute atomic E-state index is 12.5. The van der Waals surface area contributed by atoms with Gasteiger partial charge < -0.3 is 14.4 Å². The van der Waals surface area contributed by atoms with Crippen LogP contribution in [0.1, 0.15) is 35.2 Å². The fourth-order valence-electron chi connectivity index (χ4n) is 2.69. The highest BCUT2D eigenvalue weighted by molar-refractivity contribution is 5.96. The molecule has 0 spiro atoms. The molecular weight excluding hydrogens is 242 g/mol. The van der Waals surface area contributed by atoms with Gasteiger partial charge in [-0.05, 0) is 43.9 Å². The third-order valence-electron chi connectivity index (χ3n) is 3.76. The predicted octanol–water partition coefficient (Wildman–Crippen LogP) is 2.39. The van der Waals surface area contributed by atoms with E-state index >= 15 is 0 Å². The van der Waals surface area contributed by atoms with E-state index in [0.29, 0.717) is 19.0 Å². The van der Waals surface area contributed by atoms with E-state index in [1.807, 2.05) is 24.0 Å². The second-order valence-electron chi connectivity index (χ2n) is 5.16. The molecule has 2 aliphatic heterocycles. The number of carbonyl (C=O) groups excluding carboxylic acids is 1. The van der Waals surface area contributed by atoms with E-state index < -0.39 is 0 Å². The van der Waals surface area contributed by atoms with E-state index in [0.717, 1.165) is 42.8 Å². The summed E-state index contributed by atoms with van der Waals surface area (Å²) in [4.78, 5) is 14.5. The Kier molecular flexibility index (Phi) is 3.32. The van der Waals surface area contributed by atoms with Crippen molar-refractivity contribution in [2.75, 3.05) is 26.3 Å². The van der Waals surface area contributed by atoms with Gasteiger partial charge in [0.2, 0.25) is 0 Å². The van der Waals surface area contributed by atoms with Crippen molar-refractivity contribution in [3.63, 3.8) is 0 Å². The molecule has 0 N–H and O–H groups in total. The first kappa shape index (κ1) is 12.3. The monoisotopic (exact) mass is 261 g/mol. The molecule has 1 aromatic carbocycles. The molecular formula is C15H19NO3. The van der Waals surface area contributed by atoms with Gasteiger partial charge in [0.25, 0.3) is 5.91 Å². The van der Waals surface area contributed by atoms with Gasteiger partial charge in [-0.25, -0.2) is 0 Å². The lowest BCUT2D eigenvalue weighted by molar-refractivity contribution is 0.0722. The van der Waals surface area contributed by atoms with Crippen LogP contribution in [0.3, 0.4) is 0 Å². The molecule has 1 amide bonds. The fourth-order valence-corrected chi connectivity index (χ4v) is 2.69. The van der Waals surface area contributed by atoms with Gasteiger partial charge >= 0.3 is 0 Å². The molecule has 4 nitrogen and oxygen atoms in total. The number of amides is 1. The molecule has 0 bridgehead atoms. The molecule has 0 aliphatic carbocycles. The van der Waals surface area contributed by atoms with Crippen molar-refractivity contribution in [1.29, 1.82) is 0 Å². The summed E-state index contributed by atoms with van der Waals surface area (Å²) in [5, 5.41) is 0. The Morgan fingerprint density at radius 2 is 1.68 bits per heavy atom. The lowest BCUT2D eigenvalue weighted by Crippen LogP contribution is -2.36. The molecule has 0 unspecified atom stereocenters. The molecule has 3 rings (SSSR count). The minimum Gasteiger partial charge on any atom is -0.486 e. The molecule has 4 heteroatoms. The van der Waals surface area contributed by atoms with Crippen molar-refractivity contribution < 1.29 is 14.3 Å². The van der Waals surface area contributed by atoms with E-state index in [1.165, 1.54) is 6.42 Å². The number of hydrogen-bond acceptors (Lipinski definition) is 3. The number of benzene rings is 1. The number of ether oxygens (including phenoxy) is 2. The molecule has 0 aromatic heterocycles. The summed E-state index contributed by atoms with van der Waals surface area (Å²) in [6.07, 6.45) is 3.44. The highest BCUT2D eigenvalue weighted by Gasteiger charge is 2.22. The minimum absolute atomic E-state index is 0.120. The lowest BCUT2D eigenvalue weighted by atomic mass is 10.0. The normalized spacial score (nSPS) is 18.3. The molecule has 0 atom stereocenters.